The Hall–Kier alpha value is -0.660. The molecule has 1 fully saturated rings. The molecule has 0 aromatic rings. The quantitative estimate of drug-likeness (QED) is 0.652. The van der Waals surface area contributed by atoms with Gasteiger partial charge in [-0.3, -0.25) is 8.98 Å². The molecule has 1 amide bonds. The molecule has 6 nitrogen and oxygen atoms in total. The Balaban J connectivity index is 2.87. The summed E-state index contributed by atoms with van der Waals surface area (Å²) in [6, 6.07) is -0.0135. The summed E-state index contributed by atoms with van der Waals surface area (Å²) < 4.78 is 27.8. The van der Waals surface area contributed by atoms with Crippen LogP contribution in [0.1, 0.15) is 32.6 Å². The van der Waals surface area contributed by atoms with Crippen LogP contribution in [0.5, 0.6) is 0 Å². The average molecular weight is 250 g/mol. The van der Waals surface area contributed by atoms with Gasteiger partial charge in [-0.05, 0) is 32.6 Å². The Labute approximate surface area is 95.4 Å². The molecule has 4 N–H and O–H groups in total. The number of hydrogen-bond donors (Lipinski definition) is 2. The van der Waals surface area contributed by atoms with E-state index in [1.807, 2.05) is 0 Å². The van der Waals surface area contributed by atoms with Gasteiger partial charge >= 0.3 is 0 Å². The molecule has 0 bridgehead atoms. The van der Waals surface area contributed by atoms with Gasteiger partial charge in [-0.15, -0.1) is 0 Å². The molecule has 1 aliphatic rings. The maximum atomic E-state index is 11.4. The lowest BCUT2D eigenvalue weighted by atomic mass is 9.82. The Bertz CT molecular complexity index is 358. The summed E-state index contributed by atoms with van der Waals surface area (Å²) in [5.74, 6) is -0.898. The molecule has 1 rings (SSSR count). The van der Waals surface area contributed by atoms with Crippen molar-refractivity contribution in [2.75, 3.05) is 5.75 Å². The molecule has 0 atom stereocenters. The number of amides is 1. The van der Waals surface area contributed by atoms with E-state index < -0.39 is 21.6 Å². The zero-order chi connectivity index (χ0) is 12.4. The predicted octanol–water partition coefficient (Wildman–Crippen LogP) is -0.522. The molecule has 7 heteroatoms. The molecule has 0 saturated heterocycles. The molecule has 0 unspecified atom stereocenters. The summed E-state index contributed by atoms with van der Waals surface area (Å²) in [7, 11) is -3.68. The first kappa shape index (κ1) is 13.4. The Morgan fingerprint density at radius 1 is 1.44 bits per heavy atom. The van der Waals surface area contributed by atoms with Crippen LogP contribution in [0.2, 0.25) is 0 Å². The Morgan fingerprint density at radius 3 is 2.31 bits per heavy atom. The topological polar surface area (TPSA) is 112 Å². The molecular weight excluding hydrogens is 232 g/mol. The summed E-state index contributed by atoms with van der Waals surface area (Å²) in [5.41, 5.74) is 9.55. The van der Waals surface area contributed by atoms with Crippen LogP contribution in [0, 0.1) is 0 Å². The van der Waals surface area contributed by atoms with Gasteiger partial charge in [0.2, 0.25) is 0 Å². The van der Waals surface area contributed by atoms with E-state index in [0.717, 1.165) is 0 Å². The van der Waals surface area contributed by atoms with Gasteiger partial charge in [0, 0.05) is 6.04 Å². The largest absolute Gasteiger partial charge is 0.367 e. The molecule has 16 heavy (non-hydrogen) atoms. The molecule has 1 saturated carbocycles. The van der Waals surface area contributed by atoms with Gasteiger partial charge in [0.15, 0.2) is 5.60 Å². The van der Waals surface area contributed by atoms with Crippen LogP contribution in [-0.4, -0.2) is 31.7 Å². The van der Waals surface area contributed by atoms with Crippen molar-refractivity contribution in [3.63, 3.8) is 0 Å². The smallest absolute Gasteiger partial charge is 0.268 e. The maximum absolute atomic E-state index is 11.4. The van der Waals surface area contributed by atoms with E-state index in [9.17, 15) is 13.2 Å². The fourth-order valence-corrected chi connectivity index (χ4v) is 2.63. The van der Waals surface area contributed by atoms with Crippen LogP contribution in [0.25, 0.3) is 0 Å². The van der Waals surface area contributed by atoms with Crippen molar-refractivity contribution in [3.8, 4) is 0 Å². The van der Waals surface area contributed by atoms with E-state index in [0.29, 0.717) is 12.8 Å². The normalized spacial score (nSPS) is 31.2. The molecule has 0 spiro atoms. The first-order valence-corrected chi connectivity index (χ1v) is 6.88. The van der Waals surface area contributed by atoms with E-state index in [2.05, 4.69) is 0 Å². The maximum Gasteiger partial charge on any atom is 0.268 e. The number of rotatable bonds is 4. The van der Waals surface area contributed by atoms with Crippen molar-refractivity contribution in [2.45, 2.75) is 44.2 Å². The second-order valence-corrected chi connectivity index (χ2v) is 5.99. The highest BCUT2D eigenvalue weighted by Gasteiger charge is 2.44. The molecule has 0 aromatic carbocycles. The summed E-state index contributed by atoms with van der Waals surface area (Å²) >= 11 is 0. The molecule has 1 aliphatic carbocycles. The minimum atomic E-state index is -3.68. The summed E-state index contributed by atoms with van der Waals surface area (Å²) in [5, 5.41) is 0. The lowest BCUT2D eigenvalue weighted by Crippen LogP contribution is -2.51. The van der Waals surface area contributed by atoms with E-state index >= 15 is 0 Å². The van der Waals surface area contributed by atoms with Gasteiger partial charge in [0.25, 0.3) is 16.0 Å². The van der Waals surface area contributed by atoms with Gasteiger partial charge < -0.3 is 11.5 Å². The lowest BCUT2D eigenvalue weighted by Gasteiger charge is -2.35. The molecule has 0 radical (unpaired) electrons. The molecule has 0 aliphatic heterocycles. The number of carbonyl (C=O) groups excluding carboxylic acids is 1. The zero-order valence-electron chi connectivity index (χ0n) is 9.31. The summed E-state index contributed by atoms with van der Waals surface area (Å²) in [6.45, 7) is 1.46. The number of carbonyl (C=O) groups is 1. The van der Waals surface area contributed by atoms with Crippen LogP contribution in [-0.2, 0) is 19.1 Å². The fourth-order valence-electron chi connectivity index (χ4n) is 1.78. The molecule has 0 heterocycles. The third kappa shape index (κ3) is 2.93. The summed E-state index contributed by atoms with van der Waals surface area (Å²) in [6.07, 6.45) is 1.62. The SMILES string of the molecule is CCS(=O)(=O)OC1(C(N)=O)CCC(N)CC1. The van der Waals surface area contributed by atoms with Gasteiger partial charge in [-0.2, -0.15) is 8.42 Å². The standard InChI is InChI=1S/C9H18N2O4S/c1-2-16(13,14)15-9(8(11)12)5-3-7(10)4-6-9/h7H,2-6,10H2,1H3,(H2,11,12). The van der Waals surface area contributed by atoms with Crippen molar-refractivity contribution in [3.05, 3.63) is 0 Å². The highest BCUT2D eigenvalue weighted by molar-refractivity contribution is 7.86. The minimum Gasteiger partial charge on any atom is -0.367 e. The van der Waals surface area contributed by atoms with Crippen molar-refractivity contribution in [1.82, 2.24) is 0 Å². The molecule has 0 aromatic heterocycles. The highest BCUT2D eigenvalue weighted by atomic mass is 32.2. The first-order valence-electron chi connectivity index (χ1n) is 5.30. The molecular formula is C9H18N2O4S. The predicted molar refractivity (Wildman–Crippen MR) is 58.9 cm³/mol. The first-order chi connectivity index (χ1) is 7.31. The van der Waals surface area contributed by atoms with Crippen molar-refractivity contribution in [2.24, 2.45) is 11.5 Å². The number of hydrogen-bond acceptors (Lipinski definition) is 5. The van der Waals surface area contributed by atoms with E-state index in [4.69, 9.17) is 15.7 Å². The van der Waals surface area contributed by atoms with Crippen LogP contribution < -0.4 is 11.5 Å². The third-order valence-electron chi connectivity index (χ3n) is 2.93. The fraction of sp³-hybridized carbons (Fsp3) is 0.889. The van der Waals surface area contributed by atoms with Crippen molar-refractivity contribution >= 4 is 16.0 Å². The Kier molecular flexibility index (Phi) is 3.92. The van der Waals surface area contributed by atoms with Gasteiger partial charge in [0.1, 0.15) is 0 Å². The van der Waals surface area contributed by atoms with Crippen LogP contribution in [0.4, 0.5) is 0 Å². The second kappa shape index (κ2) is 4.68. The monoisotopic (exact) mass is 250 g/mol. The van der Waals surface area contributed by atoms with Crippen LogP contribution in [0.15, 0.2) is 0 Å². The lowest BCUT2D eigenvalue weighted by molar-refractivity contribution is -0.136. The average Bonchev–Trinajstić information content (AvgIpc) is 2.21. The van der Waals surface area contributed by atoms with Crippen molar-refractivity contribution in [1.29, 1.82) is 0 Å². The third-order valence-corrected chi connectivity index (χ3v) is 4.21. The van der Waals surface area contributed by atoms with Crippen molar-refractivity contribution < 1.29 is 17.4 Å². The van der Waals surface area contributed by atoms with Gasteiger partial charge in [-0.1, -0.05) is 0 Å². The highest BCUT2D eigenvalue weighted by Crippen LogP contribution is 2.32. The van der Waals surface area contributed by atoms with Gasteiger partial charge in [0.05, 0.1) is 5.75 Å². The van der Waals surface area contributed by atoms with E-state index in [1.54, 1.807) is 0 Å². The van der Waals surface area contributed by atoms with Crippen LogP contribution in [0.3, 0.4) is 0 Å². The Morgan fingerprint density at radius 2 is 1.94 bits per heavy atom. The zero-order valence-corrected chi connectivity index (χ0v) is 10.1. The number of nitrogens with two attached hydrogens (primary N) is 2. The second-order valence-electron chi connectivity index (χ2n) is 4.13. The minimum absolute atomic E-state index is 0.0135. The van der Waals surface area contributed by atoms with Gasteiger partial charge in [-0.25, -0.2) is 0 Å². The number of primary amides is 1. The van der Waals surface area contributed by atoms with Crippen LogP contribution >= 0.6 is 0 Å². The van der Waals surface area contributed by atoms with E-state index in [-0.39, 0.29) is 24.6 Å². The summed E-state index contributed by atoms with van der Waals surface area (Å²) in [4.78, 5) is 11.4. The van der Waals surface area contributed by atoms with E-state index in [1.165, 1.54) is 6.92 Å². The molecule has 94 valence electrons.